The maximum Gasteiger partial charge on any atom is 0.267 e. The van der Waals surface area contributed by atoms with Crippen molar-refractivity contribution in [3.63, 3.8) is 0 Å². The van der Waals surface area contributed by atoms with Gasteiger partial charge in [0.15, 0.2) is 0 Å². The summed E-state index contributed by atoms with van der Waals surface area (Å²) in [4.78, 5) is 12.1. The Morgan fingerprint density at radius 2 is 1.73 bits per heavy atom. The van der Waals surface area contributed by atoms with Gasteiger partial charge in [-0.3, -0.25) is 4.79 Å². The van der Waals surface area contributed by atoms with Crippen molar-refractivity contribution >= 4 is 61.6 Å². The number of amides is 1. The minimum absolute atomic E-state index is 0.0712. The second-order valence-electron chi connectivity index (χ2n) is 7.03. The van der Waals surface area contributed by atoms with E-state index in [4.69, 9.17) is 34.8 Å². The van der Waals surface area contributed by atoms with Gasteiger partial charge in [-0.2, -0.15) is 5.10 Å². The van der Waals surface area contributed by atoms with Crippen molar-refractivity contribution in [2.24, 2.45) is 0 Å². The largest absolute Gasteiger partial charge is 0.268 e. The van der Waals surface area contributed by atoms with Crippen molar-refractivity contribution in [1.29, 1.82) is 0 Å². The number of nitrogens with one attached hydrogen (secondary N) is 1. The molecule has 1 aromatic heterocycles. The summed E-state index contributed by atoms with van der Waals surface area (Å²) < 4.78 is 54.0. The zero-order valence-corrected chi connectivity index (χ0v) is 19.6. The van der Waals surface area contributed by atoms with Crippen LogP contribution in [-0.4, -0.2) is 30.4 Å². The van der Waals surface area contributed by atoms with Crippen LogP contribution >= 0.6 is 34.8 Å². The fourth-order valence-corrected chi connectivity index (χ4v) is 4.37. The van der Waals surface area contributed by atoms with Crippen LogP contribution in [0.1, 0.15) is 10.4 Å². The van der Waals surface area contributed by atoms with Gasteiger partial charge in [0.25, 0.3) is 5.91 Å². The first-order valence-corrected chi connectivity index (χ1v) is 12.1. The van der Waals surface area contributed by atoms with Crippen molar-refractivity contribution in [3.8, 4) is 16.9 Å². The van der Waals surface area contributed by atoms with E-state index in [2.05, 4.69) is 5.10 Å². The second-order valence-corrected chi connectivity index (χ2v) is 10.0. The molecule has 0 atom stereocenters. The van der Waals surface area contributed by atoms with Gasteiger partial charge in [0.2, 0.25) is 10.0 Å². The Hall–Kier alpha value is -2.72. The first-order valence-electron chi connectivity index (χ1n) is 9.10. The Morgan fingerprint density at radius 1 is 1.00 bits per heavy atom. The molecule has 1 N–H and O–H groups in total. The Morgan fingerprint density at radius 3 is 2.39 bits per heavy atom. The first kappa shape index (κ1) is 23.4. The molecule has 0 radical (unpaired) electrons. The van der Waals surface area contributed by atoms with Crippen LogP contribution in [-0.2, 0) is 10.0 Å². The third-order valence-electron chi connectivity index (χ3n) is 4.62. The number of halogens is 5. The molecular weight excluding hydrogens is 519 g/mol. The van der Waals surface area contributed by atoms with E-state index in [0.29, 0.717) is 27.2 Å². The van der Waals surface area contributed by atoms with E-state index in [9.17, 15) is 22.0 Å². The quantitative estimate of drug-likeness (QED) is 0.371. The molecule has 12 heteroatoms. The molecule has 1 heterocycles. The van der Waals surface area contributed by atoms with E-state index < -0.39 is 33.1 Å². The molecule has 0 fully saturated rings. The summed E-state index contributed by atoms with van der Waals surface area (Å²) in [7, 11) is -3.91. The minimum Gasteiger partial charge on any atom is -0.268 e. The van der Waals surface area contributed by atoms with Gasteiger partial charge in [-0.25, -0.2) is 26.6 Å². The number of fused-ring (bicyclic) bond motifs is 1. The third-order valence-corrected chi connectivity index (χ3v) is 6.02. The lowest BCUT2D eigenvalue weighted by atomic mass is 10.1. The summed E-state index contributed by atoms with van der Waals surface area (Å²) >= 11 is 18.7. The van der Waals surface area contributed by atoms with Gasteiger partial charge >= 0.3 is 0 Å². The molecule has 0 aliphatic rings. The highest BCUT2D eigenvalue weighted by Crippen LogP contribution is 2.37. The zero-order valence-electron chi connectivity index (χ0n) is 16.5. The van der Waals surface area contributed by atoms with Gasteiger partial charge in [-0.1, -0.05) is 34.8 Å². The molecule has 170 valence electrons. The predicted molar refractivity (Wildman–Crippen MR) is 124 cm³/mol. The standard InChI is InChI=1S/C21H12Cl3F2N3O3S/c1-33(31,32)28-21(30)13-8-16(24)19(9-17(13)26)29-18-5-2-10(22)6-14(18)20(27-29)12-4-3-11(25)7-15(12)23/h2-9H,1H3,(H,28,30). The smallest absolute Gasteiger partial charge is 0.267 e. The third kappa shape index (κ3) is 4.67. The highest BCUT2D eigenvalue weighted by Gasteiger charge is 2.22. The second kappa shape index (κ2) is 8.57. The lowest BCUT2D eigenvalue weighted by Crippen LogP contribution is -2.30. The van der Waals surface area contributed by atoms with E-state index in [1.807, 2.05) is 0 Å². The summed E-state index contributed by atoms with van der Waals surface area (Å²) in [6.45, 7) is 0. The Balaban J connectivity index is 1.92. The van der Waals surface area contributed by atoms with Crippen molar-refractivity contribution in [2.45, 2.75) is 0 Å². The Bertz CT molecular complexity index is 1560. The molecule has 0 unspecified atom stereocenters. The number of nitrogens with zero attached hydrogens (tertiary/aromatic N) is 2. The summed E-state index contributed by atoms with van der Waals surface area (Å²) in [6, 6.07) is 10.6. The molecule has 4 rings (SSSR count). The summed E-state index contributed by atoms with van der Waals surface area (Å²) in [5, 5.41) is 5.46. The SMILES string of the molecule is CS(=O)(=O)NC(=O)c1cc(Cl)c(-n2nc(-c3ccc(F)cc3Cl)c3cc(Cl)ccc32)cc1F. The maximum absolute atomic E-state index is 14.8. The van der Waals surface area contributed by atoms with Gasteiger partial charge < -0.3 is 0 Å². The number of benzene rings is 3. The molecule has 0 aliphatic heterocycles. The van der Waals surface area contributed by atoms with Crippen LogP contribution in [0.4, 0.5) is 8.78 Å². The van der Waals surface area contributed by atoms with E-state index >= 15 is 0 Å². The van der Waals surface area contributed by atoms with Crippen LogP contribution in [0.3, 0.4) is 0 Å². The van der Waals surface area contributed by atoms with Gasteiger partial charge in [-0.05, 0) is 42.5 Å². The summed E-state index contributed by atoms with van der Waals surface area (Å²) in [5.41, 5.74) is 0.736. The molecule has 1 amide bonds. The Kier molecular flexibility index (Phi) is 6.09. The highest BCUT2D eigenvalue weighted by atomic mass is 35.5. The van der Waals surface area contributed by atoms with E-state index in [1.54, 1.807) is 22.9 Å². The van der Waals surface area contributed by atoms with Gasteiger partial charge in [0, 0.05) is 22.0 Å². The highest BCUT2D eigenvalue weighted by molar-refractivity contribution is 7.89. The summed E-state index contributed by atoms with van der Waals surface area (Å²) in [5.74, 6) is -2.72. The van der Waals surface area contributed by atoms with Crippen LogP contribution in [0.15, 0.2) is 48.5 Å². The van der Waals surface area contributed by atoms with E-state index in [0.717, 1.165) is 24.5 Å². The summed E-state index contributed by atoms with van der Waals surface area (Å²) in [6.07, 6.45) is 0.766. The van der Waals surface area contributed by atoms with Gasteiger partial charge in [-0.15, -0.1) is 0 Å². The topological polar surface area (TPSA) is 81.1 Å². The molecule has 0 saturated heterocycles. The first-order chi connectivity index (χ1) is 15.4. The lowest BCUT2D eigenvalue weighted by Gasteiger charge is -2.10. The lowest BCUT2D eigenvalue weighted by molar-refractivity contribution is 0.0978. The number of hydrogen-bond acceptors (Lipinski definition) is 4. The average molecular weight is 531 g/mol. The number of aromatic nitrogens is 2. The molecule has 0 bridgehead atoms. The van der Waals surface area contributed by atoms with Crippen LogP contribution < -0.4 is 4.72 Å². The van der Waals surface area contributed by atoms with Gasteiger partial charge in [0.05, 0.1) is 33.1 Å². The predicted octanol–water partition coefficient (Wildman–Crippen LogP) is 5.62. The average Bonchev–Trinajstić information content (AvgIpc) is 3.06. The van der Waals surface area contributed by atoms with Crippen molar-refractivity contribution < 1.29 is 22.0 Å². The zero-order chi connectivity index (χ0) is 24.1. The molecule has 6 nitrogen and oxygen atoms in total. The number of rotatable bonds is 4. The normalized spacial score (nSPS) is 11.7. The molecular formula is C21H12Cl3F2N3O3S. The molecule has 0 saturated carbocycles. The van der Waals surface area contributed by atoms with Crippen LogP contribution in [0.25, 0.3) is 27.8 Å². The van der Waals surface area contributed by atoms with Crippen LogP contribution in [0.5, 0.6) is 0 Å². The minimum atomic E-state index is -3.91. The van der Waals surface area contributed by atoms with Crippen molar-refractivity contribution in [2.75, 3.05) is 6.26 Å². The fraction of sp³-hybridized carbons (Fsp3) is 0.0476. The van der Waals surface area contributed by atoms with Crippen LogP contribution in [0, 0.1) is 11.6 Å². The maximum atomic E-state index is 14.8. The van der Waals surface area contributed by atoms with Crippen molar-refractivity contribution in [1.82, 2.24) is 14.5 Å². The van der Waals surface area contributed by atoms with E-state index in [1.165, 1.54) is 16.8 Å². The molecule has 0 spiro atoms. The number of carbonyl (C=O) groups is 1. The number of sulfonamides is 1. The van der Waals surface area contributed by atoms with Crippen LogP contribution in [0.2, 0.25) is 15.1 Å². The monoisotopic (exact) mass is 529 g/mol. The fourth-order valence-electron chi connectivity index (χ4n) is 3.25. The Labute approximate surface area is 201 Å². The number of carbonyl (C=O) groups excluding carboxylic acids is 1. The van der Waals surface area contributed by atoms with E-state index in [-0.39, 0.29) is 15.7 Å². The molecule has 4 aromatic rings. The number of hydrogen-bond donors (Lipinski definition) is 1. The molecule has 3 aromatic carbocycles. The molecule has 33 heavy (non-hydrogen) atoms. The van der Waals surface area contributed by atoms with Crippen molar-refractivity contribution in [3.05, 3.63) is 80.8 Å². The van der Waals surface area contributed by atoms with Gasteiger partial charge in [0.1, 0.15) is 17.3 Å². The molecule has 0 aliphatic carbocycles.